The lowest BCUT2D eigenvalue weighted by atomic mass is 9.82. The standard InChI is InChI=1S/C18H20N2O5/c21-16(13-2-1-9-25-13)19-5-7-20(8-6-19)17(22)14-11-3-4-12(10-11)15(14)18(23)24/h1-4,9,11-12,14-15H,5-8,10H2,(H,23,24)/t11-,12-,14-,15+/m1/s1. The first-order valence-corrected chi connectivity index (χ1v) is 8.59. The number of allylic oxidation sites excluding steroid dienone is 2. The Hall–Kier alpha value is -2.57. The Kier molecular flexibility index (Phi) is 3.86. The topological polar surface area (TPSA) is 91.1 Å². The molecule has 1 saturated heterocycles. The Morgan fingerprint density at radius 3 is 2.24 bits per heavy atom. The average Bonchev–Trinajstić information content (AvgIpc) is 3.36. The number of piperazine rings is 1. The molecule has 0 unspecified atom stereocenters. The molecule has 7 heteroatoms. The number of rotatable bonds is 3. The molecular weight excluding hydrogens is 324 g/mol. The van der Waals surface area contributed by atoms with Gasteiger partial charge in [-0.15, -0.1) is 0 Å². The molecule has 0 aromatic carbocycles. The van der Waals surface area contributed by atoms with Gasteiger partial charge >= 0.3 is 5.97 Å². The number of furan rings is 1. The number of amides is 2. The van der Waals surface area contributed by atoms with Gasteiger partial charge in [0, 0.05) is 26.2 Å². The smallest absolute Gasteiger partial charge is 0.307 e. The lowest BCUT2D eigenvalue weighted by molar-refractivity contribution is -0.151. The molecule has 7 nitrogen and oxygen atoms in total. The van der Waals surface area contributed by atoms with Crippen molar-refractivity contribution in [2.24, 2.45) is 23.7 Å². The molecule has 0 spiro atoms. The fraction of sp³-hybridized carbons (Fsp3) is 0.500. The SMILES string of the molecule is O=C(O)[C@@H]1[C@H](C(=O)N2CCN(C(=O)c3ccco3)CC2)[C@@H]2C=C[C@@H]1C2. The lowest BCUT2D eigenvalue weighted by Gasteiger charge is -2.37. The maximum atomic E-state index is 12.9. The van der Waals surface area contributed by atoms with E-state index < -0.39 is 17.8 Å². The van der Waals surface area contributed by atoms with Crippen molar-refractivity contribution >= 4 is 17.8 Å². The zero-order chi connectivity index (χ0) is 17.6. The molecule has 2 amide bonds. The Morgan fingerprint density at radius 2 is 1.64 bits per heavy atom. The molecule has 2 heterocycles. The minimum Gasteiger partial charge on any atom is -0.481 e. The van der Waals surface area contributed by atoms with Gasteiger partial charge in [0.25, 0.3) is 5.91 Å². The van der Waals surface area contributed by atoms with E-state index in [0.29, 0.717) is 31.9 Å². The van der Waals surface area contributed by atoms with Crippen LogP contribution in [0.5, 0.6) is 0 Å². The summed E-state index contributed by atoms with van der Waals surface area (Å²) in [7, 11) is 0. The first-order valence-electron chi connectivity index (χ1n) is 8.59. The van der Waals surface area contributed by atoms with E-state index in [1.165, 1.54) is 6.26 Å². The van der Waals surface area contributed by atoms with Crippen LogP contribution in [-0.2, 0) is 9.59 Å². The highest BCUT2D eigenvalue weighted by atomic mass is 16.4. The number of hydrogen-bond acceptors (Lipinski definition) is 4. The van der Waals surface area contributed by atoms with Crippen molar-refractivity contribution in [2.45, 2.75) is 6.42 Å². The molecular formula is C18H20N2O5. The molecule has 132 valence electrons. The van der Waals surface area contributed by atoms with Crippen molar-refractivity contribution in [3.63, 3.8) is 0 Å². The fourth-order valence-corrected chi connectivity index (χ4v) is 4.39. The summed E-state index contributed by atoms with van der Waals surface area (Å²) in [4.78, 5) is 40.2. The van der Waals surface area contributed by atoms with Crippen LogP contribution in [0, 0.1) is 23.7 Å². The highest BCUT2D eigenvalue weighted by molar-refractivity contribution is 5.92. The summed E-state index contributed by atoms with van der Waals surface area (Å²) in [5.41, 5.74) is 0. The summed E-state index contributed by atoms with van der Waals surface area (Å²) in [6, 6.07) is 3.29. The maximum absolute atomic E-state index is 12.9. The average molecular weight is 344 g/mol. The lowest BCUT2D eigenvalue weighted by Crippen LogP contribution is -2.53. The van der Waals surface area contributed by atoms with Gasteiger partial charge in [0.05, 0.1) is 18.1 Å². The Balaban J connectivity index is 1.41. The molecule has 1 N–H and O–H groups in total. The zero-order valence-electron chi connectivity index (χ0n) is 13.7. The van der Waals surface area contributed by atoms with Crippen LogP contribution in [0.2, 0.25) is 0 Å². The number of fused-ring (bicyclic) bond motifs is 2. The maximum Gasteiger partial charge on any atom is 0.307 e. The second kappa shape index (κ2) is 6.06. The number of nitrogens with zero attached hydrogens (tertiary/aromatic N) is 2. The molecule has 1 aromatic heterocycles. The molecule has 1 saturated carbocycles. The highest BCUT2D eigenvalue weighted by Crippen LogP contribution is 2.48. The molecule has 0 radical (unpaired) electrons. The second-order valence-corrected chi connectivity index (χ2v) is 6.93. The molecule has 2 fully saturated rings. The van der Waals surface area contributed by atoms with Gasteiger partial charge in [0.15, 0.2) is 5.76 Å². The van der Waals surface area contributed by atoms with Crippen molar-refractivity contribution in [2.75, 3.05) is 26.2 Å². The Morgan fingerprint density at radius 1 is 1.00 bits per heavy atom. The predicted octanol–water partition coefficient (Wildman–Crippen LogP) is 1.09. The van der Waals surface area contributed by atoms with Crippen molar-refractivity contribution in [1.29, 1.82) is 0 Å². The number of carbonyl (C=O) groups excluding carboxylic acids is 2. The van der Waals surface area contributed by atoms with Crippen LogP contribution < -0.4 is 0 Å². The van der Waals surface area contributed by atoms with Crippen molar-refractivity contribution in [1.82, 2.24) is 9.80 Å². The summed E-state index contributed by atoms with van der Waals surface area (Å²) in [6.07, 6.45) is 6.14. The predicted molar refractivity (Wildman–Crippen MR) is 86.5 cm³/mol. The van der Waals surface area contributed by atoms with Gasteiger partial charge in [-0.2, -0.15) is 0 Å². The third-order valence-corrected chi connectivity index (χ3v) is 5.64. The first-order chi connectivity index (χ1) is 12.1. The quantitative estimate of drug-likeness (QED) is 0.829. The number of carboxylic acids is 1. The minimum atomic E-state index is -0.887. The Bertz CT molecular complexity index is 718. The van der Waals surface area contributed by atoms with Gasteiger partial charge < -0.3 is 19.3 Å². The molecule has 2 aliphatic carbocycles. The van der Waals surface area contributed by atoms with Gasteiger partial charge in [-0.25, -0.2) is 0 Å². The number of hydrogen-bond donors (Lipinski definition) is 1. The van der Waals surface area contributed by atoms with E-state index in [-0.39, 0.29) is 23.7 Å². The number of carboxylic acid groups (broad SMARTS) is 1. The summed E-state index contributed by atoms with van der Waals surface area (Å²) in [5.74, 6) is -1.95. The number of carbonyl (C=O) groups is 3. The van der Waals surface area contributed by atoms with Crippen molar-refractivity contribution < 1.29 is 23.9 Å². The summed E-state index contributed by atoms with van der Waals surface area (Å²) >= 11 is 0. The third kappa shape index (κ3) is 2.63. The van der Waals surface area contributed by atoms with Gasteiger partial charge in [-0.1, -0.05) is 12.2 Å². The van der Waals surface area contributed by atoms with Crippen LogP contribution in [0.4, 0.5) is 0 Å². The van der Waals surface area contributed by atoms with E-state index in [0.717, 1.165) is 6.42 Å². The molecule has 2 bridgehead atoms. The zero-order valence-corrected chi connectivity index (χ0v) is 13.7. The summed E-state index contributed by atoms with van der Waals surface area (Å²) in [5, 5.41) is 9.51. The summed E-state index contributed by atoms with van der Waals surface area (Å²) < 4.78 is 5.13. The molecule has 4 atom stereocenters. The third-order valence-electron chi connectivity index (χ3n) is 5.64. The normalized spacial score (nSPS) is 30.7. The highest BCUT2D eigenvalue weighted by Gasteiger charge is 2.52. The summed E-state index contributed by atoms with van der Waals surface area (Å²) in [6.45, 7) is 1.71. The largest absolute Gasteiger partial charge is 0.481 e. The minimum absolute atomic E-state index is 0.0291. The number of aliphatic carboxylic acids is 1. The second-order valence-electron chi connectivity index (χ2n) is 6.93. The van der Waals surface area contributed by atoms with Crippen LogP contribution in [0.1, 0.15) is 17.0 Å². The van der Waals surface area contributed by atoms with E-state index in [4.69, 9.17) is 4.42 Å². The van der Waals surface area contributed by atoms with Crippen LogP contribution in [0.15, 0.2) is 35.0 Å². The van der Waals surface area contributed by atoms with Crippen LogP contribution >= 0.6 is 0 Å². The molecule has 25 heavy (non-hydrogen) atoms. The van der Waals surface area contributed by atoms with E-state index >= 15 is 0 Å². The first kappa shape index (κ1) is 15.9. The van der Waals surface area contributed by atoms with E-state index in [9.17, 15) is 19.5 Å². The molecule has 1 aromatic rings. The van der Waals surface area contributed by atoms with Crippen molar-refractivity contribution in [3.8, 4) is 0 Å². The van der Waals surface area contributed by atoms with Crippen LogP contribution in [0.25, 0.3) is 0 Å². The monoisotopic (exact) mass is 344 g/mol. The fourth-order valence-electron chi connectivity index (χ4n) is 4.39. The van der Waals surface area contributed by atoms with Gasteiger partial charge in [-0.05, 0) is 30.4 Å². The van der Waals surface area contributed by atoms with E-state index in [1.54, 1.807) is 21.9 Å². The van der Waals surface area contributed by atoms with E-state index in [1.807, 2.05) is 12.2 Å². The van der Waals surface area contributed by atoms with Crippen LogP contribution in [-0.4, -0.2) is 58.9 Å². The van der Waals surface area contributed by atoms with Gasteiger partial charge in [0.1, 0.15) is 0 Å². The van der Waals surface area contributed by atoms with Gasteiger partial charge in [-0.3, -0.25) is 14.4 Å². The van der Waals surface area contributed by atoms with Crippen molar-refractivity contribution in [3.05, 3.63) is 36.3 Å². The molecule has 3 aliphatic rings. The Labute approximate surface area is 144 Å². The van der Waals surface area contributed by atoms with Gasteiger partial charge in [0.2, 0.25) is 5.91 Å². The molecule has 4 rings (SSSR count). The van der Waals surface area contributed by atoms with Crippen LogP contribution in [0.3, 0.4) is 0 Å². The molecule has 1 aliphatic heterocycles. The van der Waals surface area contributed by atoms with E-state index in [2.05, 4.69) is 0 Å².